The van der Waals surface area contributed by atoms with Crippen LogP contribution in [-0.4, -0.2) is 170 Å². The Labute approximate surface area is 676 Å². The standard InChI is InChI=1S/C90H133N7O17/c1-20-61(49-76(101)72-29-26-44-97(72)86(110)68(91)45-55(4)5)83(107)95-71(54-80(105)114-90(17,18)19)75(100)51-65(46-58-36-40-67(41-37-58)112-88(11,12)13)85(109)93-69(47-59-32-30-56(6)31-33-59)73(98)42-43-78(103)96-81(57(7)111-87(8,9)10)77(102)50-62(21-2)84(108)94-70(48-60-34-38-64(39-35-60)63-27-24-23-25-28-63)74(99)52-66(82(106)92-22-3)53-79(104)113-89(14,15)16/h23-25,27-28,30-41,55,57,61-62,65-66,68-74,81,98-99H,20-22,26,29,42-54,91H2,1-19H3,(H,92,106)(H,93,109)(H,94,108)(H,95,107)(H,96,103)/t57?,61-,62-,65-,66+,68+,69+,70+,71+,72+,73-,74-,81+/m1/s1. The maximum Gasteiger partial charge on any atom is 0.308 e. The van der Waals surface area contributed by atoms with Gasteiger partial charge in [-0.15, -0.1) is 0 Å². The number of ketones is 3. The van der Waals surface area contributed by atoms with Gasteiger partial charge in [-0.3, -0.25) is 52.7 Å². The molecule has 630 valence electrons. The number of hydrogen-bond donors (Lipinski definition) is 8. The Morgan fingerprint density at radius 1 is 0.526 bits per heavy atom. The summed E-state index contributed by atoms with van der Waals surface area (Å²) in [7, 11) is 0. The third kappa shape index (κ3) is 33.6. The van der Waals surface area contributed by atoms with Crippen molar-refractivity contribution in [2.24, 2.45) is 35.3 Å². The second-order valence-electron chi connectivity index (χ2n) is 35.2. The van der Waals surface area contributed by atoms with Crippen LogP contribution in [0.15, 0.2) is 103 Å². The molecule has 1 saturated heterocycles. The van der Waals surface area contributed by atoms with Crippen molar-refractivity contribution in [1.29, 1.82) is 0 Å². The normalized spacial score (nSPS) is 16.6. The van der Waals surface area contributed by atoms with Crippen LogP contribution in [0.1, 0.15) is 230 Å². The molecule has 114 heavy (non-hydrogen) atoms. The molecule has 0 aromatic heterocycles. The van der Waals surface area contributed by atoms with E-state index < -0.39 is 173 Å². The van der Waals surface area contributed by atoms with E-state index in [0.717, 1.165) is 22.3 Å². The third-order valence-corrected chi connectivity index (χ3v) is 19.8. The summed E-state index contributed by atoms with van der Waals surface area (Å²) in [5, 5.41) is 39.0. The molecule has 6 amide bonds. The number of ether oxygens (including phenoxy) is 4. The first kappa shape index (κ1) is 95.9. The number of hydrogen-bond acceptors (Lipinski definition) is 18. The topological polar surface area (TPSA) is 355 Å². The molecule has 0 saturated carbocycles. The molecule has 13 atom stereocenters. The van der Waals surface area contributed by atoms with Gasteiger partial charge in [0.1, 0.15) is 28.6 Å². The lowest BCUT2D eigenvalue weighted by molar-refractivity contribution is -0.158. The first-order valence-electron chi connectivity index (χ1n) is 40.8. The van der Waals surface area contributed by atoms with Crippen LogP contribution in [0.3, 0.4) is 0 Å². The van der Waals surface area contributed by atoms with Crippen LogP contribution in [0.25, 0.3) is 11.1 Å². The van der Waals surface area contributed by atoms with Crippen molar-refractivity contribution >= 4 is 64.7 Å². The summed E-state index contributed by atoms with van der Waals surface area (Å²) in [6.07, 6.45) is -5.11. The van der Waals surface area contributed by atoms with E-state index in [-0.39, 0.29) is 88.4 Å². The molecule has 4 aromatic carbocycles. The van der Waals surface area contributed by atoms with Crippen LogP contribution in [0.4, 0.5) is 0 Å². The monoisotopic (exact) mass is 1580 g/mol. The van der Waals surface area contributed by atoms with Gasteiger partial charge >= 0.3 is 11.9 Å². The molecule has 0 spiro atoms. The number of esters is 2. The Bertz CT molecular complexity index is 3800. The molecule has 9 N–H and O–H groups in total. The van der Waals surface area contributed by atoms with Crippen molar-refractivity contribution in [2.75, 3.05) is 13.1 Å². The Morgan fingerprint density at radius 2 is 1.03 bits per heavy atom. The van der Waals surface area contributed by atoms with Gasteiger partial charge in [0.25, 0.3) is 0 Å². The molecule has 1 unspecified atom stereocenters. The Balaban J connectivity index is 1.44. The van der Waals surface area contributed by atoms with Crippen molar-refractivity contribution < 1.29 is 81.9 Å². The fourth-order valence-electron chi connectivity index (χ4n) is 14.2. The van der Waals surface area contributed by atoms with Gasteiger partial charge in [-0.25, -0.2) is 0 Å². The molecule has 0 aliphatic carbocycles. The fraction of sp³-hybridized carbons (Fsp3) is 0.611. The minimum absolute atomic E-state index is 0.0393. The second kappa shape index (κ2) is 44.4. The molecule has 1 fully saturated rings. The number of carbonyl (C=O) groups excluding carboxylic acids is 11. The highest BCUT2D eigenvalue weighted by Gasteiger charge is 2.41. The van der Waals surface area contributed by atoms with E-state index in [4.69, 9.17) is 24.7 Å². The number of aryl methyl sites for hydroxylation is 1. The lowest BCUT2D eigenvalue weighted by atomic mass is 9.88. The van der Waals surface area contributed by atoms with Gasteiger partial charge in [-0.05, 0) is 214 Å². The maximum atomic E-state index is 15.4. The van der Waals surface area contributed by atoms with Crippen molar-refractivity contribution in [3.63, 3.8) is 0 Å². The van der Waals surface area contributed by atoms with Crippen molar-refractivity contribution in [1.82, 2.24) is 31.5 Å². The lowest BCUT2D eigenvalue weighted by Crippen LogP contribution is -2.52. The lowest BCUT2D eigenvalue weighted by Gasteiger charge is -2.32. The average molecular weight is 1590 g/mol. The zero-order chi connectivity index (χ0) is 85.2. The summed E-state index contributed by atoms with van der Waals surface area (Å²) in [5.41, 5.74) is 7.98. The van der Waals surface area contributed by atoms with Gasteiger partial charge in [-0.1, -0.05) is 124 Å². The molecule has 24 nitrogen and oxygen atoms in total. The molecule has 5 rings (SSSR count). The third-order valence-electron chi connectivity index (χ3n) is 19.8. The van der Waals surface area contributed by atoms with Gasteiger partial charge in [0.05, 0.1) is 72.9 Å². The molecule has 0 bridgehead atoms. The number of benzene rings is 4. The molecule has 1 aliphatic heterocycles. The maximum absolute atomic E-state index is 15.4. The average Bonchev–Trinajstić information content (AvgIpc) is 1.63. The number of likely N-dealkylation sites (tertiary alicyclic amines) is 1. The fourth-order valence-corrected chi connectivity index (χ4v) is 14.2. The molecule has 24 heteroatoms. The zero-order valence-electron chi connectivity index (χ0n) is 71.2. The van der Waals surface area contributed by atoms with Crippen LogP contribution in [0, 0.1) is 36.5 Å². The number of aliphatic hydroxyl groups is 2. The van der Waals surface area contributed by atoms with Gasteiger partial charge in [0.15, 0.2) is 17.3 Å². The number of nitrogens with zero attached hydrogens (tertiary/aromatic N) is 1. The number of carbonyl (C=O) groups is 11. The van der Waals surface area contributed by atoms with E-state index in [1.807, 2.05) is 120 Å². The van der Waals surface area contributed by atoms with Crippen LogP contribution < -0.4 is 37.1 Å². The van der Waals surface area contributed by atoms with Gasteiger partial charge in [-0.2, -0.15) is 0 Å². The van der Waals surface area contributed by atoms with E-state index in [0.29, 0.717) is 42.7 Å². The second-order valence-corrected chi connectivity index (χ2v) is 35.2. The van der Waals surface area contributed by atoms with Gasteiger partial charge < -0.3 is 66.4 Å². The van der Waals surface area contributed by atoms with Crippen molar-refractivity contribution in [3.8, 4) is 16.9 Å². The van der Waals surface area contributed by atoms with Crippen LogP contribution in [0.5, 0.6) is 5.75 Å². The highest BCUT2D eigenvalue weighted by molar-refractivity contribution is 5.98. The SMILES string of the molecule is CCNC(=O)[C@H](CC(=O)OC(C)(C)C)C[C@@H](O)[C@H](Cc1ccc(-c2ccccc2)cc1)NC(=O)[C@H](CC)CC(=O)[C@@H](NC(=O)CC[C@@H](O)[C@H](Cc1ccc(C)cc1)NC(=O)[C@@H](CC(=O)[C@H](CC(=O)OC(C)(C)C)NC(=O)[C@H](CC)CC(=O)[C@@H]1CCCN1C(=O)[C@@H](N)CC(C)C)Cc1ccc(OC(C)(C)C)cc1)C(C)OC(C)(C)C. The van der Waals surface area contributed by atoms with E-state index >= 15 is 9.59 Å². The molecular formula is C90H133N7O17. The predicted molar refractivity (Wildman–Crippen MR) is 440 cm³/mol. The number of amides is 6. The van der Waals surface area contributed by atoms with E-state index in [1.165, 1.54) is 4.90 Å². The highest BCUT2D eigenvalue weighted by Crippen LogP contribution is 2.29. The number of nitrogens with two attached hydrogens (primary N) is 1. The summed E-state index contributed by atoms with van der Waals surface area (Å²) >= 11 is 0. The minimum atomic E-state index is -1.55. The van der Waals surface area contributed by atoms with E-state index in [2.05, 4.69) is 26.6 Å². The quantitative estimate of drug-likeness (QED) is 0.0191. The summed E-state index contributed by atoms with van der Waals surface area (Å²) < 4.78 is 23.7. The molecule has 1 aliphatic rings. The summed E-state index contributed by atoms with van der Waals surface area (Å²) in [5.74, 6) is -10.1. The van der Waals surface area contributed by atoms with Gasteiger partial charge in [0.2, 0.25) is 35.4 Å². The van der Waals surface area contributed by atoms with Gasteiger partial charge in [0, 0.05) is 56.5 Å². The Kier molecular flexibility index (Phi) is 37.3. The number of aliphatic hydroxyl groups excluding tert-OH is 2. The molecule has 4 aromatic rings. The summed E-state index contributed by atoms with van der Waals surface area (Å²) in [6.45, 7) is 34.4. The Morgan fingerprint density at radius 3 is 1.56 bits per heavy atom. The smallest absolute Gasteiger partial charge is 0.308 e. The minimum Gasteiger partial charge on any atom is -0.488 e. The molecular weight excluding hydrogens is 1450 g/mol. The predicted octanol–water partition coefficient (Wildman–Crippen LogP) is 11.0. The van der Waals surface area contributed by atoms with E-state index in [9.17, 15) is 53.4 Å². The van der Waals surface area contributed by atoms with Crippen LogP contribution >= 0.6 is 0 Å². The van der Waals surface area contributed by atoms with Crippen LogP contribution in [-0.2, 0) is 86.2 Å². The first-order valence-corrected chi connectivity index (χ1v) is 40.8. The number of Topliss-reactive ketones (excluding diaryl/α,β-unsaturated/α-hetero) is 3. The molecule has 1 heterocycles. The summed E-state index contributed by atoms with van der Waals surface area (Å²) in [4.78, 5) is 159. The molecule has 0 radical (unpaired) electrons. The number of rotatable bonds is 44. The summed E-state index contributed by atoms with van der Waals surface area (Å²) in [6, 6.07) is 25.1. The largest absolute Gasteiger partial charge is 0.488 e. The van der Waals surface area contributed by atoms with Crippen LogP contribution in [0.2, 0.25) is 0 Å². The zero-order valence-corrected chi connectivity index (χ0v) is 71.2. The number of nitrogens with one attached hydrogen (secondary N) is 5. The first-order chi connectivity index (χ1) is 53.2. The van der Waals surface area contributed by atoms with Crippen molar-refractivity contribution in [3.05, 3.63) is 125 Å². The van der Waals surface area contributed by atoms with E-state index in [1.54, 1.807) is 114 Å². The van der Waals surface area contributed by atoms with Crippen molar-refractivity contribution in [2.45, 2.75) is 311 Å². The highest BCUT2D eigenvalue weighted by atomic mass is 16.6. The Hall–Kier alpha value is -8.71.